The molecule has 1 saturated heterocycles. The van der Waals surface area contributed by atoms with Gasteiger partial charge in [-0.1, -0.05) is 11.6 Å². The van der Waals surface area contributed by atoms with E-state index in [4.69, 9.17) is 11.6 Å². The highest BCUT2D eigenvalue weighted by molar-refractivity contribution is 6.32. The van der Waals surface area contributed by atoms with Crippen molar-refractivity contribution in [3.05, 3.63) is 46.6 Å². The Balaban J connectivity index is 1.44. The van der Waals surface area contributed by atoms with Crippen LogP contribution in [0.1, 0.15) is 11.1 Å². The van der Waals surface area contributed by atoms with Gasteiger partial charge in [-0.05, 0) is 49.2 Å². The number of carbonyl (C=O) groups excluding carboxylic acids is 1. The first kappa shape index (κ1) is 18.6. The SMILES string of the molecule is Cc1cc2nc(NC(=O)N3CCN(c4ncccc4Cl)CC3)n(C)c2cc1C. The van der Waals surface area contributed by atoms with Gasteiger partial charge in [-0.3, -0.25) is 5.32 Å². The van der Waals surface area contributed by atoms with Crippen molar-refractivity contribution in [1.29, 1.82) is 0 Å². The molecule has 1 aliphatic heterocycles. The fourth-order valence-corrected chi connectivity index (χ4v) is 3.71. The van der Waals surface area contributed by atoms with Crippen molar-refractivity contribution in [2.45, 2.75) is 13.8 Å². The van der Waals surface area contributed by atoms with Crippen LogP contribution >= 0.6 is 11.6 Å². The lowest BCUT2D eigenvalue weighted by atomic mass is 10.1. The second kappa shape index (κ2) is 7.31. The number of aryl methyl sites for hydroxylation is 3. The zero-order chi connectivity index (χ0) is 19.8. The number of carbonyl (C=O) groups is 1. The van der Waals surface area contributed by atoms with Crippen LogP contribution in [-0.2, 0) is 7.05 Å². The van der Waals surface area contributed by atoms with E-state index in [1.165, 1.54) is 11.1 Å². The van der Waals surface area contributed by atoms with Crippen LogP contribution in [0.5, 0.6) is 0 Å². The normalized spacial score (nSPS) is 14.6. The maximum Gasteiger partial charge on any atom is 0.324 e. The molecule has 146 valence electrons. The van der Waals surface area contributed by atoms with E-state index < -0.39 is 0 Å². The second-order valence-corrected chi connectivity index (χ2v) is 7.54. The Labute approximate surface area is 168 Å². The number of halogens is 1. The van der Waals surface area contributed by atoms with E-state index in [-0.39, 0.29) is 6.03 Å². The van der Waals surface area contributed by atoms with E-state index in [0.29, 0.717) is 37.1 Å². The zero-order valence-corrected chi connectivity index (χ0v) is 17.0. The maximum atomic E-state index is 12.7. The molecule has 1 aromatic carbocycles. The van der Waals surface area contributed by atoms with Crippen LogP contribution in [0.4, 0.5) is 16.6 Å². The molecule has 2 aromatic heterocycles. The summed E-state index contributed by atoms with van der Waals surface area (Å²) < 4.78 is 1.92. The molecule has 7 nitrogen and oxygen atoms in total. The third-order valence-electron chi connectivity index (χ3n) is 5.32. The first-order valence-electron chi connectivity index (χ1n) is 9.29. The molecule has 0 saturated carbocycles. The van der Waals surface area contributed by atoms with Gasteiger partial charge in [0.15, 0.2) is 0 Å². The summed E-state index contributed by atoms with van der Waals surface area (Å²) in [4.78, 5) is 25.6. The molecular weight excluding hydrogens is 376 g/mol. The second-order valence-electron chi connectivity index (χ2n) is 7.13. The van der Waals surface area contributed by atoms with Crippen LogP contribution < -0.4 is 10.2 Å². The summed E-state index contributed by atoms with van der Waals surface area (Å²) in [5.74, 6) is 1.32. The lowest BCUT2D eigenvalue weighted by molar-refractivity contribution is 0.208. The highest BCUT2D eigenvalue weighted by atomic mass is 35.5. The number of aromatic nitrogens is 3. The Morgan fingerprint density at radius 2 is 1.86 bits per heavy atom. The molecule has 3 heterocycles. The number of fused-ring (bicyclic) bond motifs is 1. The van der Waals surface area contributed by atoms with Gasteiger partial charge in [-0.2, -0.15) is 0 Å². The van der Waals surface area contributed by atoms with E-state index in [1.807, 2.05) is 23.7 Å². The van der Waals surface area contributed by atoms with Crippen LogP contribution in [0.2, 0.25) is 5.02 Å². The molecule has 28 heavy (non-hydrogen) atoms. The topological polar surface area (TPSA) is 66.3 Å². The van der Waals surface area contributed by atoms with Crippen molar-refractivity contribution in [3.8, 4) is 0 Å². The van der Waals surface area contributed by atoms with Gasteiger partial charge in [0.2, 0.25) is 5.95 Å². The molecule has 1 aliphatic rings. The van der Waals surface area contributed by atoms with Gasteiger partial charge in [-0.25, -0.2) is 14.8 Å². The minimum Gasteiger partial charge on any atom is -0.352 e. The molecule has 0 unspecified atom stereocenters. The molecule has 0 spiro atoms. The smallest absolute Gasteiger partial charge is 0.324 e. The van der Waals surface area contributed by atoms with Crippen LogP contribution in [0.3, 0.4) is 0 Å². The number of piperazine rings is 1. The number of nitrogens with zero attached hydrogens (tertiary/aromatic N) is 5. The quantitative estimate of drug-likeness (QED) is 0.716. The fourth-order valence-electron chi connectivity index (χ4n) is 3.46. The van der Waals surface area contributed by atoms with Crippen LogP contribution in [0.25, 0.3) is 11.0 Å². The number of rotatable bonds is 2. The van der Waals surface area contributed by atoms with Gasteiger partial charge in [0.25, 0.3) is 0 Å². The molecule has 8 heteroatoms. The molecule has 0 bridgehead atoms. The first-order chi connectivity index (χ1) is 13.4. The molecule has 0 aliphatic carbocycles. The van der Waals surface area contributed by atoms with Crippen molar-refractivity contribution in [3.63, 3.8) is 0 Å². The summed E-state index contributed by atoms with van der Waals surface area (Å²) in [6, 6.07) is 7.66. The minimum atomic E-state index is -0.140. The molecule has 1 fully saturated rings. The summed E-state index contributed by atoms with van der Waals surface area (Å²) in [6.45, 7) is 6.71. The van der Waals surface area contributed by atoms with Crippen molar-refractivity contribution in [2.24, 2.45) is 7.05 Å². The Hall–Kier alpha value is -2.80. The van der Waals surface area contributed by atoms with Gasteiger partial charge >= 0.3 is 6.03 Å². The Kier molecular flexibility index (Phi) is 4.85. The van der Waals surface area contributed by atoms with Crippen LogP contribution in [0, 0.1) is 13.8 Å². The maximum absolute atomic E-state index is 12.7. The summed E-state index contributed by atoms with van der Waals surface area (Å²) in [6.07, 6.45) is 1.73. The number of imidazole rings is 1. The first-order valence-corrected chi connectivity index (χ1v) is 9.67. The number of pyridine rings is 1. The Morgan fingerprint density at radius 1 is 1.14 bits per heavy atom. The predicted octanol–water partition coefficient (Wildman–Crippen LogP) is 3.59. The average Bonchev–Trinajstić information content (AvgIpc) is 2.97. The third kappa shape index (κ3) is 3.38. The lowest BCUT2D eigenvalue weighted by Crippen LogP contribution is -2.50. The number of urea groups is 1. The molecule has 3 aromatic rings. The fraction of sp³-hybridized carbons (Fsp3) is 0.350. The number of anilines is 2. The number of amides is 2. The largest absolute Gasteiger partial charge is 0.352 e. The van der Waals surface area contributed by atoms with Crippen LogP contribution in [0.15, 0.2) is 30.5 Å². The number of benzene rings is 1. The molecule has 2 amide bonds. The lowest BCUT2D eigenvalue weighted by Gasteiger charge is -2.35. The zero-order valence-electron chi connectivity index (χ0n) is 16.2. The van der Waals surface area contributed by atoms with E-state index in [9.17, 15) is 4.79 Å². The highest BCUT2D eigenvalue weighted by Gasteiger charge is 2.24. The summed E-state index contributed by atoms with van der Waals surface area (Å²) in [7, 11) is 1.92. The van der Waals surface area contributed by atoms with Gasteiger partial charge in [0, 0.05) is 39.4 Å². The third-order valence-corrected chi connectivity index (χ3v) is 5.62. The van der Waals surface area contributed by atoms with Crippen molar-refractivity contribution >= 4 is 40.4 Å². The predicted molar refractivity (Wildman–Crippen MR) is 112 cm³/mol. The van der Waals surface area contributed by atoms with Crippen molar-refractivity contribution in [1.82, 2.24) is 19.4 Å². The molecular formula is C20H23ClN6O. The molecule has 4 rings (SSSR count). The summed E-state index contributed by atoms with van der Waals surface area (Å²) in [5.41, 5.74) is 4.29. The summed E-state index contributed by atoms with van der Waals surface area (Å²) >= 11 is 6.23. The highest BCUT2D eigenvalue weighted by Crippen LogP contribution is 2.24. The Morgan fingerprint density at radius 3 is 2.57 bits per heavy atom. The monoisotopic (exact) mass is 398 g/mol. The van der Waals surface area contributed by atoms with E-state index in [2.05, 4.69) is 46.2 Å². The van der Waals surface area contributed by atoms with Crippen molar-refractivity contribution < 1.29 is 4.79 Å². The molecule has 0 radical (unpaired) electrons. The number of hydrogen-bond donors (Lipinski definition) is 1. The Bertz CT molecular complexity index is 1040. The van der Waals surface area contributed by atoms with Gasteiger partial charge in [0.1, 0.15) is 5.82 Å². The van der Waals surface area contributed by atoms with E-state index in [1.54, 1.807) is 11.1 Å². The van der Waals surface area contributed by atoms with Crippen LogP contribution in [-0.4, -0.2) is 51.6 Å². The number of hydrogen-bond acceptors (Lipinski definition) is 4. The average molecular weight is 399 g/mol. The summed E-state index contributed by atoms with van der Waals surface area (Å²) in [5, 5.41) is 3.58. The minimum absolute atomic E-state index is 0.140. The van der Waals surface area contributed by atoms with Gasteiger partial charge in [0.05, 0.1) is 16.1 Å². The molecule has 0 atom stereocenters. The number of nitrogens with one attached hydrogen (secondary N) is 1. The van der Waals surface area contributed by atoms with Gasteiger partial charge < -0.3 is 14.4 Å². The van der Waals surface area contributed by atoms with E-state index in [0.717, 1.165) is 16.9 Å². The van der Waals surface area contributed by atoms with Gasteiger partial charge in [-0.15, -0.1) is 0 Å². The standard InChI is InChI=1S/C20H23ClN6O/c1-13-11-16-17(12-14(13)2)25(3)19(23-16)24-20(28)27-9-7-26(8-10-27)18-15(21)5-4-6-22-18/h4-6,11-12H,7-10H2,1-3H3,(H,23,24,28). The van der Waals surface area contributed by atoms with Crippen molar-refractivity contribution in [2.75, 3.05) is 36.4 Å². The van der Waals surface area contributed by atoms with E-state index >= 15 is 0 Å². The molecule has 1 N–H and O–H groups in total.